The van der Waals surface area contributed by atoms with Gasteiger partial charge in [-0.05, 0) is 18.1 Å². The number of nitrogens with zero attached hydrogens (tertiary/aromatic N) is 2. The molecule has 2 rings (SSSR count). The fourth-order valence-electron chi connectivity index (χ4n) is 1.83. The van der Waals surface area contributed by atoms with Crippen molar-refractivity contribution >= 4 is 23.2 Å². The van der Waals surface area contributed by atoms with Gasteiger partial charge in [-0.2, -0.15) is 5.10 Å². The third kappa shape index (κ3) is 2.18. The molecule has 1 atom stereocenters. The Balaban J connectivity index is 2.51. The number of hydrogen-bond donors (Lipinski definition) is 1. The summed E-state index contributed by atoms with van der Waals surface area (Å²) in [6, 6.07) is 5.41. The van der Waals surface area contributed by atoms with E-state index in [1.54, 1.807) is 10.9 Å². The lowest BCUT2D eigenvalue weighted by molar-refractivity contribution is 0.673. The van der Waals surface area contributed by atoms with Crippen LogP contribution in [0.15, 0.2) is 24.4 Å². The van der Waals surface area contributed by atoms with Crippen LogP contribution in [0.1, 0.15) is 22.9 Å². The average molecular weight is 270 g/mol. The van der Waals surface area contributed by atoms with Crippen LogP contribution in [0.5, 0.6) is 0 Å². The molecule has 1 unspecified atom stereocenters. The standard InChI is InChI=1S/C12H13Cl2N3/c1-7-4-3-5-8(10(7)14)11(15)12-9(13)6-16-17(12)2/h3-6,11H,15H2,1-2H3. The summed E-state index contributed by atoms with van der Waals surface area (Å²) in [5.41, 5.74) is 8.82. The van der Waals surface area contributed by atoms with Gasteiger partial charge in [0, 0.05) is 12.1 Å². The van der Waals surface area contributed by atoms with Crippen LogP contribution in [0, 0.1) is 6.92 Å². The van der Waals surface area contributed by atoms with E-state index in [1.165, 1.54) is 0 Å². The number of rotatable bonds is 2. The minimum absolute atomic E-state index is 0.373. The number of nitrogens with two attached hydrogens (primary N) is 1. The molecule has 0 aliphatic carbocycles. The van der Waals surface area contributed by atoms with E-state index in [1.807, 2.05) is 32.2 Å². The molecule has 0 amide bonds. The van der Waals surface area contributed by atoms with Gasteiger partial charge in [0.25, 0.3) is 0 Å². The molecule has 0 spiro atoms. The van der Waals surface area contributed by atoms with E-state index in [9.17, 15) is 0 Å². The van der Waals surface area contributed by atoms with E-state index in [-0.39, 0.29) is 6.04 Å². The van der Waals surface area contributed by atoms with Crippen molar-refractivity contribution in [2.45, 2.75) is 13.0 Å². The second-order valence-corrected chi connectivity index (χ2v) is 4.74. The lowest BCUT2D eigenvalue weighted by Crippen LogP contribution is -2.17. The minimum Gasteiger partial charge on any atom is -0.319 e. The highest BCUT2D eigenvalue weighted by molar-refractivity contribution is 6.32. The largest absolute Gasteiger partial charge is 0.319 e. The summed E-state index contributed by atoms with van der Waals surface area (Å²) >= 11 is 12.3. The second-order valence-electron chi connectivity index (χ2n) is 3.96. The van der Waals surface area contributed by atoms with Gasteiger partial charge in [0.1, 0.15) is 0 Å². The predicted octanol–water partition coefficient (Wildman–Crippen LogP) is 3.08. The molecule has 0 saturated carbocycles. The Hall–Kier alpha value is -1.03. The quantitative estimate of drug-likeness (QED) is 0.911. The predicted molar refractivity (Wildman–Crippen MR) is 70.4 cm³/mol. The first kappa shape index (κ1) is 12.4. The molecule has 2 N–H and O–H groups in total. The molecule has 0 fully saturated rings. The summed E-state index contributed by atoms with van der Waals surface area (Å²) in [6.45, 7) is 1.95. The smallest absolute Gasteiger partial charge is 0.0837 e. The Morgan fingerprint density at radius 2 is 2.06 bits per heavy atom. The van der Waals surface area contributed by atoms with E-state index in [2.05, 4.69) is 5.10 Å². The Morgan fingerprint density at radius 3 is 2.65 bits per heavy atom. The maximum atomic E-state index is 6.26. The van der Waals surface area contributed by atoms with Crippen LogP contribution in [0.3, 0.4) is 0 Å². The van der Waals surface area contributed by atoms with Crippen molar-refractivity contribution in [2.75, 3.05) is 0 Å². The molecule has 5 heteroatoms. The zero-order valence-electron chi connectivity index (χ0n) is 9.61. The van der Waals surface area contributed by atoms with Crippen LogP contribution in [0.4, 0.5) is 0 Å². The van der Waals surface area contributed by atoms with Crippen molar-refractivity contribution in [3.05, 3.63) is 51.3 Å². The summed E-state index contributed by atoms with van der Waals surface area (Å²) in [5.74, 6) is 0. The monoisotopic (exact) mass is 269 g/mol. The maximum Gasteiger partial charge on any atom is 0.0837 e. The first-order valence-electron chi connectivity index (χ1n) is 5.20. The highest BCUT2D eigenvalue weighted by atomic mass is 35.5. The fraction of sp³-hybridized carbons (Fsp3) is 0.250. The molecule has 0 radical (unpaired) electrons. The van der Waals surface area contributed by atoms with E-state index < -0.39 is 0 Å². The molecular formula is C12H13Cl2N3. The Kier molecular flexibility index (Phi) is 3.43. The molecule has 1 heterocycles. The summed E-state index contributed by atoms with van der Waals surface area (Å²) in [5, 5.41) is 5.31. The van der Waals surface area contributed by atoms with Gasteiger partial charge in [-0.25, -0.2) is 0 Å². The zero-order chi connectivity index (χ0) is 12.6. The van der Waals surface area contributed by atoms with Gasteiger partial charge in [0.05, 0.1) is 23.0 Å². The van der Waals surface area contributed by atoms with Gasteiger partial charge in [0.15, 0.2) is 0 Å². The topological polar surface area (TPSA) is 43.8 Å². The highest BCUT2D eigenvalue weighted by Crippen LogP contribution is 2.31. The number of aromatic nitrogens is 2. The molecule has 17 heavy (non-hydrogen) atoms. The number of benzene rings is 1. The first-order valence-corrected chi connectivity index (χ1v) is 5.96. The van der Waals surface area contributed by atoms with Crippen molar-refractivity contribution in [1.29, 1.82) is 0 Å². The van der Waals surface area contributed by atoms with Crippen LogP contribution in [0.25, 0.3) is 0 Å². The molecule has 2 aromatic rings. The molecule has 3 nitrogen and oxygen atoms in total. The second kappa shape index (κ2) is 4.69. The van der Waals surface area contributed by atoms with Gasteiger partial charge in [-0.1, -0.05) is 41.4 Å². The van der Waals surface area contributed by atoms with E-state index in [0.29, 0.717) is 10.0 Å². The van der Waals surface area contributed by atoms with Crippen molar-refractivity contribution in [2.24, 2.45) is 12.8 Å². The lowest BCUT2D eigenvalue weighted by atomic mass is 10.0. The van der Waals surface area contributed by atoms with Crippen molar-refractivity contribution in [3.63, 3.8) is 0 Å². The van der Waals surface area contributed by atoms with Crippen LogP contribution in [-0.4, -0.2) is 9.78 Å². The Bertz CT molecular complexity index is 529. The molecule has 90 valence electrons. The van der Waals surface area contributed by atoms with Crippen molar-refractivity contribution in [3.8, 4) is 0 Å². The summed E-state index contributed by atoms with van der Waals surface area (Å²) < 4.78 is 1.67. The van der Waals surface area contributed by atoms with Gasteiger partial charge in [-0.15, -0.1) is 0 Å². The molecule has 1 aromatic heterocycles. The highest BCUT2D eigenvalue weighted by Gasteiger charge is 2.19. The number of hydrogen-bond acceptors (Lipinski definition) is 2. The molecule has 0 saturated heterocycles. The van der Waals surface area contributed by atoms with Crippen LogP contribution < -0.4 is 5.73 Å². The van der Waals surface area contributed by atoms with E-state index in [4.69, 9.17) is 28.9 Å². The van der Waals surface area contributed by atoms with Crippen LogP contribution >= 0.6 is 23.2 Å². The third-order valence-electron chi connectivity index (χ3n) is 2.79. The fourth-order valence-corrected chi connectivity index (χ4v) is 2.35. The van der Waals surface area contributed by atoms with Gasteiger partial charge >= 0.3 is 0 Å². The SMILES string of the molecule is Cc1cccc(C(N)c2c(Cl)cnn2C)c1Cl. The van der Waals surface area contributed by atoms with Crippen LogP contribution in [-0.2, 0) is 7.05 Å². The van der Waals surface area contributed by atoms with Gasteiger partial charge in [0.2, 0.25) is 0 Å². The van der Waals surface area contributed by atoms with Crippen molar-refractivity contribution in [1.82, 2.24) is 9.78 Å². The Morgan fingerprint density at radius 1 is 1.35 bits per heavy atom. The summed E-state index contributed by atoms with van der Waals surface area (Å²) in [7, 11) is 1.81. The average Bonchev–Trinajstić information content (AvgIpc) is 2.62. The molecule has 1 aromatic carbocycles. The maximum absolute atomic E-state index is 6.26. The number of halogens is 2. The normalized spacial score (nSPS) is 12.8. The zero-order valence-corrected chi connectivity index (χ0v) is 11.1. The van der Waals surface area contributed by atoms with Crippen molar-refractivity contribution < 1.29 is 0 Å². The molecule has 0 aliphatic heterocycles. The minimum atomic E-state index is -0.373. The molecular weight excluding hydrogens is 257 g/mol. The lowest BCUT2D eigenvalue weighted by Gasteiger charge is -2.16. The summed E-state index contributed by atoms with van der Waals surface area (Å²) in [4.78, 5) is 0. The Labute approximate surface area is 110 Å². The van der Waals surface area contributed by atoms with E-state index in [0.717, 1.165) is 16.8 Å². The molecule has 0 bridgehead atoms. The van der Waals surface area contributed by atoms with Gasteiger partial charge < -0.3 is 5.73 Å². The first-order chi connectivity index (χ1) is 8.02. The van der Waals surface area contributed by atoms with E-state index >= 15 is 0 Å². The third-order valence-corrected chi connectivity index (χ3v) is 3.60. The molecule has 0 aliphatic rings. The van der Waals surface area contributed by atoms with Gasteiger partial charge in [-0.3, -0.25) is 4.68 Å². The summed E-state index contributed by atoms with van der Waals surface area (Å²) in [6.07, 6.45) is 1.58. The number of aryl methyl sites for hydroxylation is 2. The van der Waals surface area contributed by atoms with Crippen LogP contribution in [0.2, 0.25) is 10.0 Å².